The molecule has 2 heterocycles. The zero-order valence-electron chi connectivity index (χ0n) is 9.01. The van der Waals surface area contributed by atoms with Crippen LogP contribution >= 0.6 is 11.8 Å². The van der Waals surface area contributed by atoms with Gasteiger partial charge < -0.3 is 4.74 Å². The molecule has 0 aliphatic rings. The van der Waals surface area contributed by atoms with Crippen molar-refractivity contribution in [1.82, 2.24) is 14.6 Å². The van der Waals surface area contributed by atoms with Crippen molar-refractivity contribution in [3.63, 3.8) is 0 Å². The van der Waals surface area contributed by atoms with Crippen molar-refractivity contribution in [2.75, 3.05) is 11.9 Å². The zero-order chi connectivity index (χ0) is 11.8. The number of benzene rings is 1. The third-order valence-corrected chi connectivity index (χ3v) is 2.77. The molecule has 1 aromatic carbocycles. The van der Waals surface area contributed by atoms with E-state index in [1.54, 1.807) is 17.7 Å². The number of nitrogens with one attached hydrogen (secondary N) is 1. The van der Waals surface area contributed by atoms with Crippen molar-refractivity contribution in [3.05, 3.63) is 30.3 Å². The molecular weight excluding hydrogens is 240 g/mol. The van der Waals surface area contributed by atoms with Crippen LogP contribution in [0, 0.1) is 0 Å². The number of nitrogens with zero attached hydrogens (tertiary/aromatic N) is 3. The molecule has 1 N–H and O–H groups in total. The molecule has 0 atom stereocenters. The standard InChI is InChI=1S/C11H9ClN4O/c1-17-11-5-4-10-13-8-3-2-7(14-12)6-9(8)16(10)15-11/h2-6,14H,1H3. The fraction of sp³-hybridized carbons (Fsp3) is 0.0909. The minimum absolute atomic E-state index is 0.543. The molecule has 0 saturated carbocycles. The second kappa shape index (κ2) is 3.78. The third-order valence-electron chi connectivity index (χ3n) is 2.55. The van der Waals surface area contributed by atoms with Crippen LogP contribution in [0.1, 0.15) is 0 Å². The highest BCUT2D eigenvalue weighted by Crippen LogP contribution is 2.21. The van der Waals surface area contributed by atoms with Gasteiger partial charge in [0.25, 0.3) is 0 Å². The largest absolute Gasteiger partial charge is 0.480 e. The lowest BCUT2D eigenvalue weighted by Crippen LogP contribution is -1.95. The van der Waals surface area contributed by atoms with Gasteiger partial charge in [0.2, 0.25) is 5.88 Å². The van der Waals surface area contributed by atoms with Gasteiger partial charge in [-0.15, -0.1) is 5.10 Å². The van der Waals surface area contributed by atoms with E-state index in [0.717, 1.165) is 22.4 Å². The molecule has 3 aromatic rings. The van der Waals surface area contributed by atoms with Crippen molar-refractivity contribution in [1.29, 1.82) is 0 Å². The Labute approximate surface area is 102 Å². The Hall–Kier alpha value is -2.01. The number of fused-ring (bicyclic) bond motifs is 3. The zero-order valence-corrected chi connectivity index (χ0v) is 9.77. The minimum Gasteiger partial charge on any atom is -0.480 e. The summed E-state index contributed by atoms with van der Waals surface area (Å²) in [5.74, 6) is 0.543. The summed E-state index contributed by atoms with van der Waals surface area (Å²) in [6, 6.07) is 9.27. The quantitative estimate of drug-likeness (QED) is 0.708. The van der Waals surface area contributed by atoms with Crippen LogP contribution in [0.4, 0.5) is 5.69 Å². The Bertz CT molecular complexity index is 636. The molecule has 0 bridgehead atoms. The maximum atomic E-state index is 5.58. The van der Waals surface area contributed by atoms with Crippen LogP contribution in [0.2, 0.25) is 0 Å². The predicted octanol–water partition coefficient (Wildman–Crippen LogP) is 2.46. The lowest BCUT2D eigenvalue weighted by molar-refractivity contribution is 0.390. The predicted molar refractivity (Wildman–Crippen MR) is 66.5 cm³/mol. The number of aromatic nitrogens is 3. The molecule has 2 aromatic heterocycles. The van der Waals surface area contributed by atoms with E-state index in [9.17, 15) is 0 Å². The fourth-order valence-electron chi connectivity index (χ4n) is 1.74. The van der Waals surface area contributed by atoms with E-state index in [0.29, 0.717) is 5.88 Å². The average Bonchev–Trinajstić information content (AvgIpc) is 2.75. The summed E-state index contributed by atoms with van der Waals surface area (Å²) >= 11 is 5.58. The average molecular weight is 249 g/mol. The number of hydrogen-bond acceptors (Lipinski definition) is 4. The Balaban J connectivity index is 2.37. The summed E-state index contributed by atoms with van der Waals surface area (Å²) in [4.78, 5) is 7.01. The molecule has 6 heteroatoms. The van der Waals surface area contributed by atoms with Crippen molar-refractivity contribution in [2.24, 2.45) is 0 Å². The Morgan fingerprint density at radius 2 is 2.18 bits per heavy atom. The topological polar surface area (TPSA) is 51.5 Å². The molecule has 17 heavy (non-hydrogen) atoms. The first-order chi connectivity index (χ1) is 8.31. The summed E-state index contributed by atoms with van der Waals surface area (Å²) in [7, 11) is 1.58. The van der Waals surface area contributed by atoms with Crippen LogP contribution in [0.3, 0.4) is 0 Å². The molecule has 0 radical (unpaired) electrons. The molecule has 0 amide bonds. The van der Waals surface area contributed by atoms with Crippen LogP contribution in [-0.2, 0) is 0 Å². The smallest absolute Gasteiger partial charge is 0.231 e. The van der Waals surface area contributed by atoms with Crippen LogP contribution < -0.4 is 9.57 Å². The van der Waals surface area contributed by atoms with Gasteiger partial charge in [0, 0.05) is 17.8 Å². The van der Waals surface area contributed by atoms with E-state index >= 15 is 0 Å². The summed E-state index contributed by atoms with van der Waals surface area (Å²) < 4.78 is 6.82. The second-order valence-electron chi connectivity index (χ2n) is 3.56. The molecule has 0 unspecified atom stereocenters. The van der Waals surface area contributed by atoms with Gasteiger partial charge in [0.15, 0.2) is 5.65 Å². The summed E-state index contributed by atoms with van der Waals surface area (Å²) in [6.07, 6.45) is 0. The van der Waals surface area contributed by atoms with Gasteiger partial charge in [-0.05, 0) is 24.3 Å². The summed E-state index contributed by atoms with van der Waals surface area (Å²) in [5, 5.41) is 4.32. The number of rotatable bonds is 2. The van der Waals surface area contributed by atoms with Gasteiger partial charge in [-0.2, -0.15) is 0 Å². The molecular formula is C11H9ClN4O. The first-order valence-corrected chi connectivity index (χ1v) is 5.40. The van der Waals surface area contributed by atoms with E-state index in [4.69, 9.17) is 16.5 Å². The fourth-order valence-corrected chi connectivity index (χ4v) is 1.86. The van der Waals surface area contributed by atoms with Crippen molar-refractivity contribution in [2.45, 2.75) is 0 Å². The number of ether oxygens (including phenoxy) is 1. The Morgan fingerprint density at radius 1 is 1.29 bits per heavy atom. The number of halogens is 1. The van der Waals surface area contributed by atoms with Crippen molar-refractivity contribution < 1.29 is 4.74 Å². The monoisotopic (exact) mass is 248 g/mol. The van der Waals surface area contributed by atoms with E-state index in [-0.39, 0.29) is 0 Å². The summed E-state index contributed by atoms with van der Waals surface area (Å²) in [6.45, 7) is 0. The van der Waals surface area contributed by atoms with Crippen LogP contribution in [0.5, 0.6) is 5.88 Å². The molecule has 3 rings (SSSR count). The highest BCUT2D eigenvalue weighted by atomic mass is 35.5. The molecule has 86 valence electrons. The highest BCUT2D eigenvalue weighted by molar-refractivity contribution is 6.24. The lowest BCUT2D eigenvalue weighted by atomic mass is 10.3. The SMILES string of the molecule is COc1ccc2nc3ccc(NCl)cc3n2n1. The maximum absolute atomic E-state index is 5.58. The van der Waals surface area contributed by atoms with Gasteiger partial charge in [-0.3, -0.25) is 4.84 Å². The van der Waals surface area contributed by atoms with E-state index < -0.39 is 0 Å². The van der Waals surface area contributed by atoms with Gasteiger partial charge in [0.1, 0.15) is 0 Å². The molecule has 0 aliphatic carbocycles. The highest BCUT2D eigenvalue weighted by Gasteiger charge is 2.07. The molecule has 0 saturated heterocycles. The van der Waals surface area contributed by atoms with Gasteiger partial charge >= 0.3 is 0 Å². The van der Waals surface area contributed by atoms with E-state index in [1.807, 2.05) is 24.3 Å². The summed E-state index contributed by atoms with van der Waals surface area (Å²) in [5.41, 5.74) is 3.31. The second-order valence-corrected chi connectivity index (χ2v) is 3.74. The molecule has 0 aliphatic heterocycles. The Kier molecular flexibility index (Phi) is 2.26. The molecule has 5 nitrogen and oxygen atoms in total. The number of hydrogen-bond donors (Lipinski definition) is 1. The van der Waals surface area contributed by atoms with E-state index in [1.165, 1.54) is 0 Å². The maximum Gasteiger partial charge on any atom is 0.231 e. The third kappa shape index (κ3) is 1.55. The minimum atomic E-state index is 0.543. The van der Waals surface area contributed by atoms with Gasteiger partial charge in [-0.25, -0.2) is 9.50 Å². The number of imidazole rings is 1. The molecule has 0 fully saturated rings. The van der Waals surface area contributed by atoms with E-state index in [2.05, 4.69) is 14.9 Å². The number of anilines is 1. The van der Waals surface area contributed by atoms with Crippen LogP contribution in [0.15, 0.2) is 30.3 Å². The normalized spacial score (nSPS) is 10.9. The van der Waals surface area contributed by atoms with Crippen LogP contribution in [0.25, 0.3) is 16.7 Å². The van der Waals surface area contributed by atoms with Gasteiger partial charge in [-0.1, -0.05) is 0 Å². The Morgan fingerprint density at radius 3 is 2.94 bits per heavy atom. The van der Waals surface area contributed by atoms with Crippen molar-refractivity contribution >= 4 is 34.1 Å². The van der Waals surface area contributed by atoms with Crippen LogP contribution in [-0.4, -0.2) is 21.7 Å². The lowest BCUT2D eigenvalue weighted by Gasteiger charge is -2.00. The first kappa shape index (κ1) is 10.2. The number of methoxy groups -OCH3 is 1. The molecule has 0 spiro atoms. The first-order valence-electron chi connectivity index (χ1n) is 5.02. The van der Waals surface area contributed by atoms with Crippen molar-refractivity contribution in [3.8, 4) is 5.88 Å². The van der Waals surface area contributed by atoms with Gasteiger partial charge in [0.05, 0.1) is 23.8 Å².